The number of hydrogen-bond donors (Lipinski definition) is 1. The van der Waals surface area contributed by atoms with Crippen molar-refractivity contribution in [1.82, 2.24) is 5.32 Å². The molecule has 0 saturated carbocycles. The lowest BCUT2D eigenvalue weighted by Gasteiger charge is -2.15. The molecular formula is C8H16INO2. The second-order valence-corrected chi connectivity index (χ2v) is 3.22. The number of hydrogen-bond acceptors (Lipinski definition) is 2. The van der Waals surface area contributed by atoms with Gasteiger partial charge in [-0.1, -0.05) is 26.7 Å². The maximum Gasteiger partial charge on any atom is 0.416 e. The molecule has 0 heterocycles. The van der Waals surface area contributed by atoms with Gasteiger partial charge in [0.05, 0.1) is 0 Å². The predicted octanol–water partition coefficient (Wildman–Crippen LogP) is 3.03. The third-order valence-corrected chi connectivity index (χ3v) is 2.07. The van der Waals surface area contributed by atoms with Gasteiger partial charge in [-0.05, 0) is 12.8 Å². The Hall–Kier alpha value is 0. The van der Waals surface area contributed by atoms with Crippen molar-refractivity contribution in [3.8, 4) is 0 Å². The van der Waals surface area contributed by atoms with Crippen molar-refractivity contribution in [1.29, 1.82) is 0 Å². The molecule has 1 N–H and O–H groups in total. The lowest BCUT2D eigenvalue weighted by atomic mass is 10.1. The van der Waals surface area contributed by atoms with Crippen LogP contribution in [0, 0.1) is 0 Å². The molecule has 0 fully saturated rings. The monoisotopic (exact) mass is 285 g/mol. The summed E-state index contributed by atoms with van der Waals surface area (Å²) in [5.74, 6) is 0. The summed E-state index contributed by atoms with van der Waals surface area (Å²) in [6.07, 6.45) is 3.90. The summed E-state index contributed by atoms with van der Waals surface area (Å²) in [7, 11) is 0. The number of rotatable bonds is 5. The van der Waals surface area contributed by atoms with Crippen LogP contribution < -0.4 is 5.32 Å². The maximum atomic E-state index is 10.8. The van der Waals surface area contributed by atoms with Gasteiger partial charge in [-0.3, -0.25) is 0 Å². The first-order chi connectivity index (χ1) is 5.74. The quantitative estimate of drug-likeness (QED) is 0.788. The van der Waals surface area contributed by atoms with E-state index in [1.165, 1.54) is 0 Å². The summed E-state index contributed by atoms with van der Waals surface area (Å²) in [5, 5.41) is 2.80. The predicted molar refractivity (Wildman–Crippen MR) is 57.2 cm³/mol. The van der Waals surface area contributed by atoms with Crippen LogP contribution in [-0.4, -0.2) is 12.1 Å². The fourth-order valence-electron chi connectivity index (χ4n) is 1.17. The third-order valence-electron chi connectivity index (χ3n) is 1.67. The van der Waals surface area contributed by atoms with Crippen molar-refractivity contribution >= 4 is 29.1 Å². The number of carbonyl (C=O) groups excluding carboxylic acids is 1. The van der Waals surface area contributed by atoms with E-state index in [-0.39, 0.29) is 12.1 Å². The molecule has 0 aliphatic carbocycles. The molecule has 1 amide bonds. The average Bonchev–Trinajstić information content (AvgIpc) is 2.05. The highest BCUT2D eigenvalue weighted by Gasteiger charge is 2.09. The van der Waals surface area contributed by atoms with Crippen LogP contribution in [0.5, 0.6) is 0 Å². The Balaban J connectivity index is 3.68. The first-order valence-corrected chi connectivity index (χ1v) is 5.21. The van der Waals surface area contributed by atoms with Crippen LogP contribution in [0.25, 0.3) is 0 Å². The Morgan fingerprint density at radius 1 is 1.42 bits per heavy atom. The zero-order chi connectivity index (χ0) is 9.40. The van der Waals surface area contributed by atoms with Crippen LogP contribution in [0.15, 0.2) is 0 Å². The van der Waals surface area contributed by atoms with E-state index in [2.05, 4.69) is 22.2 Å². The Morgan fingerprint density at radius 2 is 1.92 bits per heavy atom. The molecule has 3 nitrogen and oxygen atoms in total. The van der Waals surface area contributed by atoms with E-state index in [0.717, 1.165) is 25.7 Å². The summed E-state index contributed by atoms with van der Waals surface area (Å²) in [6, 6.07) is 0.280. The molecule has 0 aliphatic heterocycles. The molecule has 0 spiro atoms. The van der Waals surface area contributed by atoms with Gasteiger partial charge >= 0.3 is 6.09 Å². The molecule has 0 aromatic rings. The van der Waals surface area contributed by atoms with Crippen molar-refractivity contribution in [3.05, 3.63) is 0 Å². The third kappa shape index (κ3) is 5.62. The first kappa shape index (κ1) is 12.0. The average molecular weight is 285 g/mol. The van der Waals surface area contributed by atoms with Crippen LogP contribution in [0.2, 0.25) is 0 Å². The molecule has 0 atom stereocenters. The SMILES string of the molecule is CCCC(CCC)NC(=O)OI. The number of amides is 1. The zero-order valence-electron chi connectivity index (χ0n) is 7.60. The van der Waals surface area contributed by atoms with Gasteiger partial charge in [-0.25, -0.2) is 4.79 Å². The minimum atomic E-state index is -0.331. The van der Waals surface area contributed by atoms with Crippen LogP contribution in [0.4, 0.5) is 4.79 Å². The Kier molecular flexibility index (Phi) is 7.64. The first-order valence-electron chi connectivity index (χ1n) is 4.33. The second-order valence-electron chi connectivity index (χ2n) is 2.78. The van der Waals surface area contributed by atoms with E-state index in [1.807, 2.05) is 0 Å². The van der Waals surface area contributed by atoms with Crippen molar-refractivity contribution < 1.29 is 7.86 Å². The maximum absolute atomic E-state index is 10.8. The van der Waals surface area contributed by atoms with E-state index in [9.17, 15) is 4.79 Å². The highest BCUT2D eigenvalue weighted by Crippen LogP contribution is 2.05. The highest BCUT2D eigenvalue weighted by atomic mass is 127. The summed E-state index contributed by atoms with van der Waals surface area (Å²) < 4.78 is 4.49. The Bertz CT molecular complexity index is 124. The van der Waals surface area contributed by atoms with Crippen molar-refractivity contribution in [2.24, 2.45) is 0 Å². The fourth-order valence-corrected chi connectivity index (χ4v) is 1.30. The van der Waals surface area contributed by atoms with Gasteiger partial charge in [-0.2, -0.15) is 0 Å². The van der Waals surface area contributed by atoms with Gasteiger partial charge in [0, 0.05) is 6.04 Å². The van der Waals surface area contributed by atoms with Crippen LogP contribution in [-0.2, 0) is 3.07 Å². The minimum Gasteiger partial charge on any atom is -0.378 e. The minimum absolute atomic E-state index is 0.280. The van der Waals surface area contributed by atoms with Gasteiger partial charge in [-0.15, -0.1) is 0 Å². The standard InChI is InChI=1S/C8H16INO2/c1-3-5-7(6-4-2)10-8(11)12-9/h7H,3-6H2,1-2H3,(H,10,11). The van der Waals surface area contributed by atoms with Crippen molar-refractivity contribution in [2.75, 3.05) is 0 Å². The summed E-state index contributed by atoms with van der Waals surface area (Å²) >= 11 is 1.59. The molecule has 4 heteroatoms. The van der Waals surface area contributed by atoms with E-state index < -0.39 is 0 Å². The normalized spacial score (nSPS) is 10.0. The Morgan fingerprint density at radius 3 is 2.25 bits per heavy atom. The van der Waals surface area contributed by atoms with Gasteiger partial charge in [0.1, 0.15) is 0 Å². The largest absolute Gasteiger partial charge is 0.416 e. The molecule has 72 valence electrons. The smallest absolute Gasteiger partial charge is 0.378 e. The van der Waals surface area contributed by atoms with E-state index >= 15 is 0 Å². The molecular weight excluding hydrogens is 269 g/mol. The second kappa shape index (κ2) is 7.64. The molecule has 0 aromatic carbocycles. The number of carbonyl (C=O) groups is 1. The molecule has 0 saturated heterocycles. The molecule has 0 bridgehead atoms. The molecule has 0 rings (SSSR count). The van der Waals surface area contributed by atoms with Gasteiger partial charge < -0.3 is 8.38 Å². The van der Waals surface area contributed by atoms with Crippen molar-refractivity contribution in [3.63, 3.8) is 0 Å². The molecule has 12 heavy (non-hydrogen) atoms. The summed E-state index contributed by atoms with van der Waals surface area (Å²) in [6.45, 7) is 4.22. The van der Waals surface area contributed by atoms with Crippen LogP contribution >= 0.6 is 23.0 Å². The fraction of sp³-hybridized carbons (Fsp3) is 0.875. The lowest BCUT2D eigenvalue weighted by molar-refractivity contribution is 0.208. The number of halogens is 1. The Labute approximate surface area is 87.9 Å². The van der Waals surface area contributed by atoms with E-state index in [0.29, 0.717) is 0 Å². The van der Waals surface area contributed by atoms with Crippen LogP contribution in [0.3, 0.4) is 0 Å². The van der Waals surface area contributed by atoms with Crippen LogP contribution in [0.1, 0.15) is 39.5 Å². The van der Waals surface area contributed by atoms with E-state index in [4.69, 9.17) is 0 Å². The molecule has 0 aromatic heterocycles. The van der Waals surface area contributed by atoms with Gasteiger partial charge in [0.15, 0.2) is 23.0 Å². The van der Waals surface area contributed by atoms with Crippen molar-refractivity contribution in [2.45, 2.75) is 45.6 Å². The zero-order valence-corrected chi connectivity index (χ0v) is 9.76. The lowest BCUT2D eigenvalue weighted by Crippen LogP contribution is -2.33. The molecule has 0 radical (unpaired) electrons. The molecule has 0 unspecified atom stereocenters. The topological polar surface area (TPSA) is 38.3 Å². The van der Waals surface area contributed by atoms with Gasteiger partial charge in [0.25, 0.3) is 0 Å². The highest BCUT2D eigenvalue weighted by molar-refractivity contribution is 14.1. The summed E-state index contributed by atoms with van der Waals surface area (Å²) in [4.78, 5) is 10.8. The van der Waals surface area contributed by atoms with E-state index in [1.54, 1.807) is 23.0 Å². The molecule has 0 aliphatic rings. The number of nitrogens with one attached hydrogen (secondary N) is 1. The summed E-state index contributed by atoms with van der Waals surface area (Å²) in [5.41, 5.74) is 0. The van der Waals surface area contributed by atoms with Gasteiger partial charge in [0.2, 0.25) is 0 Å².